The predicted molar refractivity (Wildman–Crippen MR) is 99.5 cm³/mol. The van der Waals surface area contributed by atoms with Crippen LogP contribution < -0.4 is 21.5 Å². The van der Waals surface area contributed by atoms with Gasteiger partial charge in [-0.05, 0) is 11.6 Å². The highest BCUT2D eigenvalue weighted by Gasteiger charge is 2.20. The summed E-state index contributed by atoms with van der Waals surface area (Å²) < 4.78 is 0. The highest BCUT2D eigenvalue weighted by Crippen LogP contribution is 2.34. The highest BCUT2D eigenvalue weighted by molar-refractivity contribution is 5.94. The van der Waals surface area contributed by atoms with Gasteiger partial charge in [0.15, 0.2) is 0 Å². The Morgan fingerprint density at radius 2 is 1.52 bits per heavy atom. The van der Waals surface area contributed by atoms with E-state index in [2.05, 4.69) is 65.2 Å². The average molecular weight is 310 g/mol. The van der Waals surface area contributed by atoms with Crippen molar-refractivity contribution in [1.82, 2.24) is 10.7 Å². The molecule has 0 aliphatic carbocycles. The fourth-order valence-electron chi connectivity index (χ4n) is 2.94. The highest BCUT2D eigenvalue weighted by atomic mass is 15.2. The molecule has 23 heavy (non-hydrogen) atoms. The van der Waals surface area contributed by atoms with Gasteiger partial charge in [0, 0.05) is 37.5 Å². The normalized spacial score (nSPS) is 16.1. The Labute approximate surface area is 139 Å². The Balaban J connectivity index is 0.000000924. The molecule has 2 aromatic rings. The lowest BCUT2D eigenvalue weighted by Gasteiger charge is -2.29. The van der Waals surface area contributed by atoms with Gasteiger partial charge in [0.25, 0.3) is 0 Å². The zero-order chi connectivity index (χ0) is 16.8. The van der Waals surface area contributed by atoms with Crippen molar-refractivity contribution in [3.05, 3.63) is 65.2 Å². The molecule has 4 N–H and O–H groups in total. The first-order chi connectivity index (χ1) is 11.3. The molecule has 0 fully saturated rings. The quantitative estimate of drug-likeness (QED) is 0.589. The van der Waals surface area contributed by atoms with Crippen LogP contribution in [0.4, 0.5) is 5.69 Å². The maximum absolute atomic E-state index is 5.84. The summed E-state index contributed by atoms with van der Waals surface area (Å²) in [7, 11) is 4.03. The molecule has 1 aliphatic rings. The third-order valence-corrected chi connectivity index (χ3v) is 3.92. The first-order valence-electron chi connectivity index (χ1n) is 8.03. The van der Waals surface area contributed by atoms with E-state index in [1.165, 1.54) is 11.1 Å². The van der Waals surface area contributed by atoms with Gasteiger partial charge in [0.1, 0.15) is 0 Å². The van der Waals surface area contributed by atoms with Gasteiger partial charge in [-0.2, -0.15) is 0 Å². The lowest BCUT2D eigenvalue weighted by atomic mass is 9.96. The maximum Gasteiger partial charge on any atom is 0.0818 e. The van der Waals surface area contributed by atoms with Crippen molar-refractivity contribution < 1.29 is 0 Å². The van der Waals surface area contributed by atoms with E-state index in [-0.39, 0.29) is 0 Å². The van der Waals surface area contributed by atoms with E-state index in [0.717, 1.165) is 29.2 Å². The van der Waals surface area contributed by atoms with Crippen molar-refractivity contribution in [3.63, 3.8) is 0 Å². The van der Waals surface area contributed by atoms with Crippen LogP contribution >= 0.6 is 0 Å². The number of hydrazine groups is 1. The van der Waals surface area contributed by atoms with Crippen LogP contribution in [-0.2, 0) is 6.54 Å². The average Bonchev–Trinajstić information content (AvgIpc) is 2.61. The standard InChI is InChI=1S/C17H20N4.C2H6/c1-19-16-13-8-4-3-7-12(13)11-21(2)15-10-6-5-9-14(15)17(16)20-18;1-2/h3-10,19-20H,11,18H2,1-2H3;1-2H3/b17-16-;. The van der Waals surface area contributed by atoms with Crippen molar-refractivity contribution in [2.24, 2.45) is 5.84 Å². The van der Waals surface area contributed by atoms with Gasteiger partial charge in [0.05, 0.1) is 11.4 Å². The summed E-state index contributed by atoms with van der Waals surface area (Å²) in [6, 6.07) is 16.7. The second-order valence-electron chi connectivity index (χ2n) is 5.17. The Morgan fingerprint density at radius 3 is 2.17 bits per heavy atom. The minimum absolute atomic E-state index is 0.857. The minimum atomic E-state index is 0.857. The first kappa shape index (κ1) is 16.9. The Morgan fingerprint density at radius 1 is 0.913 bits per heavy atom. The van der Waals surface area contributed by atoms with E-state index >= 15 is 0 Å². The lowest BCUT2D eigenvalue weighted by molar-refractivity contribution is 0.897. The number of benzene rings is 2. The van der Waals surface area contributed by atoms with Gasteiger partial charge in [-0.15, -0.1) is 0 Å². The van der Waals surface area contributed by atoms with Gasteiger partial charge >= 0.3 is 0 Å². The van der Waals surface area contributed by atoms with E-state index in [0.29, 0.717) is 0 Å². The van der Waals surface area contributed by atoms with Crippen LogP contribution in [0.5, 0.6) is 0 Å². The van der Waals surface area contributed by atoms with Crippen molar-refractivity contribution >= 4 is 17.1 Å². The summed E-state index contributed by atoms with van der Waals surface area (Å²) in [5, 5.41) is 3.30. The molecule has 0 saturated heterocycles. The monoisotopic (exact) mass is 310 g/mol. The van der Waals surface area contributed by atoms with Crippen LogP contribution in [0.3, 0.4) is 0 Å². The number of hydrogen-bond acceptors (Lipinski definition) is 4. The van der Waals surface area contributed by atoms with E-state index in [4.69, 9.17) is 5.84 Å². The molecule has 0 bridgehead atoms. The zero-order valence-corrected chi connectivity index (χ0v) is 14.4. The van der Waals surface area contributed by atoms with Crippen molar-refractivity contribution in [1.29, 1.82) is 0 Å². The van der Waals surface area contributed by atoms with Crippen LogP contribution in [0.15, 0.2) is 48.5 Å². The lowest BCUT2D eigenvalue weighted by Crippen LogP contribution is -2.29. The number of hydrogen-bond donors (Lipinski definition) is 3. The molecule has 1 heterocycles. The smallest absolute Gasteiger partial charge is 0.0818 e. The molecule has 0 amide bonds. The van der Waals surface area contributed by atoms with Crippen LogP contribution in [0.2, 0.25) is 0 Å². The Kier molecular flexibility index (Phi) is 5.66. The third-order valence-electron chi connectivity index (χ3n) is 3.92. The summed E-state index contributed by atoms with van der Waals surface area (Å²) in [6.45, 7) is 4.86. The van der Waals surface area contributed by atoms with Crippen molar-refractivity contribution in [3.8, 4) is 0 Å². The van der Waals surface area contributed by atoms with Gasteiger partial charge in [-0.25, -0.2) is 0 Å². The van der Waals surface area contributed by atoms with Crippen LogP contribution in [0.25, 0.3) is 11.4 Å². The number of rotatable bonds is 2. The number of nitrogens with two attached hydrogens (primary N) is 1. The fraction of sp³-hybridized carbons (Fsp3) is 0.263. The molecule has 4 heteroatoms. The minimum Gasteiger partial charge on any atom is -0.386 e. The summed E-state index contributed by atoms with van der Waals surface area (Å²) >= 11 is 0. The molecule has 0 radical (unpaired) electrons. The summed E-state index contributed by atoms with van der Waals surface area (Å²) in [4.78, 5) is 2.25. The van der Waals surface area contributed by atoms with E-state index < -0.39 is 0 Å². The maximum atomic E-state index is 5.84. The molecule has 0 aromatic heterocycles. The van der Waals surface area contributed by atoms with Crippen LogP contribution in [0.1, 0.15) is 30.5 Å². The molecule has 0 spiro atoms. The number of fused-ring (bicyclic) bond motifs is 2. The number of nitrogens with zero attached hydrogens (tertiary/aromatic N) is 1. The third kappa shape index (κ3) is 3.17. The second kappa shape index (κ2) is 7.70. The largest absolute Gasteiger partial charge is 0.386 e. The summed E-state index contributed by atoms with van der Waals surface area (Å²) in [6.07, 6.45) is 0. The molecule has 0 saturated carbocycles. The summed E-state index contributed by atoms with van der Waals surface area (Å²) in [5.74, 6) is 5.84. The van der Waals surface area contributed by atoms with E-state index in [9.17, 15) is 0 Å². The molecule has 0 unspecified atom stereocenters. The SMILES string of the molecule is CC.CN/C1=C(\NN)c2ccccc2N(C)Cc2ccccc21. The Bertz CT molecular complexity index is 691. The molecule has 1 aliphatic heterocycles. The van der Waals surface area contributed by atoms with Crippen LogP contribution in [0, 0.1) is 0 Å². The number of nitrogens with one attached hydrogen (secondary N) is 2. The second-order valence-corrected chi connectivity index (χ2v) is 5.17. The number of anilines is 1. The Hall–Kier alpha value is -2.46. The molecular weight excluding hydrogens is 284 g/mol. The summed E-state index contributed by atoms with van der Waals surface area (Å²) in [5.41, 5.74) is 9.52. The van der Waals surface area contributed by atoms with Gasteiger partial charge in [0.2, 0.25) is 0 Å². The van der Waals surface area contributed by atoms with Gasteiger partial charge in [-0.1, -0.05) is 56.3 Å². The predicted octanol–water partition coefficient (Wildman–Crippen LogP) is 3.17. The molecule has 122 valence electrons. The van der Waals surface area contributed by atoms with Crippen molar-refractivity contribution in [2.45, 2.75) is 20.4 Å². The molecule has 4 nitrogen and oxygen atoms in total. The molecular formula is C19H26N4. The van der Waals surface area contributed by atoms with Crippen molar-refractivity contribution in [2.75, 3.05) is 19.0 Å². The topological polar surface area (TPSA) is 53.3 Å². The van der Waals surface area contributed by atoms with Gasteiger partial charge < -0.3 is 15.6 Å². The molecule has 3 rings (SSSR count). The van der Waals surface area contributed by atoms with E-state index in [1.54, 1.807) is 0 Å². The zero-order valence-electron chi connectivity index (χ0n) is 14.4. The van der Waals surface area contributed by atoms with E-state index in [1.807, 2.05) is 27.0 Å². The molecule has 0 atom stereocenters. The first-order valence-corrected chi connectivity index (χ1v) is 8.03. The fourth-order valence-corrected chi connectivity index (χ4v) is 2.94. The van der Waals surface area contributed by atoms with Crippen LogP contribution in [-0.4, -0.2) is 14.1 Å². The van der Waals surface area contributed by atoms with Gasteiger partial charge in [-0.3, -0.25) is 5.84 Å². The molecule has 2 aromatic carbocycles. The number of para-hydroxylation sites is 1.